The average Bonchev–Trinajstić information content (AvgIpc) is 2.09. The van der Waals surface area contributed by atoms with Crippen LogP contribution in [-0.2, 0) is 4.79 Å². The summed E-state index contributed by atoms with van der Waals surface area (Å²) in [4.78, 5) is 10.6. The standard InChI is InChI=1S/C10H14O3/c1-7-5-3-4-6-10(7,2)8(11)9(12)13/h3-8,11H,1-2H3,(H,12,13). The molecule has 13 heavy (non-hydrogen) atoms. The second-order valence-corrected chi connectivity index (χ2v) is 3.64. The molecule has 3 nitrogen and oxygen atoms in total. The topological polar surface area (TPSA) is 57.5 Å². The van der Waals surface area contributed by atoms with Crippen molar-refractivity contribution >= 4 is 5.97 Å². The van der Waals surface area contributed by atoms with Crippen molar-refractivity contribution < 1.29 is 15.0 Å². The van der Waals surface area contributed by atoms with Crippen molar-refractivity contribution in [2.24, 2.45) is 11.3 Å². The largest absolute Gasteiger partial charge is 0.479 e. The van der Waals surface area contributed by atoms with Gasteiger partial charge in [0.05, 0.1) is 0 Å². The van der Waals surface area contributed by atoms with Gasteiger partial charge in [-0.05, 0) is 5.92 Å². The Labute approximate surface area is 77.4 Å². The molecule has 2 N–H and O–H groups in total. The van der Waals surface area contributed by atoms with Gasteiger partial charge >= 0.3 is 5.97 Å². The summed E-state index contributed by atoms with van der Waals surface area (Å²) in [5.41, 5.74) is -0.694. The number of hydrogen-bond donors (Lipinski definition) is 2. The number of carboxylic acids is 1. The third-order valence-corrected chi connectivity index (χ3v) is 2.77. The number of carboxylic acid groups (broad SMARTS) is 1. The quantitative estimate of drug-likeness (QED) is 0.674. The number of hydrogen-bond acceptors (Lipinski definition) is 2. The molecule has 3 heteroatoms. The number of rotatable bonds is 2. The minimum atomic E-state index is -1.34. The first kappa shape index (κ1) is 9.99. The lowest BCUT2D eigenvalue weighted by atomic mass is 9.71. The maximum Gasteiger partial charge on any atom is 0.333 e. The third kappa shape index (κ3) is 1.65. The zero-order chi connectivity index (χ0) is 10.1. The van der Waals surface area contributed by atoms with Crippen LogP contribution < -0.4 is 0 Å². The van der Waals surface area contributed by atoms with E-state index >= 15 is 0 Å². The van der Waals surface area contributed by atoms with Crippen molar-refractivity contribution in [3.63, 3.8) is 0 Å². The molecule has 0 radical (unpaired) electrons. The SMILES string of the molecule is CC1C=CC=CC1(C)C(O)C(=O)O. The maximum absolute atomic E-state index is 10.6. The summed E-state index contributed by atoms with van der Waals surface area (Å²) in [5, 5.41) is 18.2. The second kappa shape index (κ2) is 3.34. The van der Waals surface area contributed by atoms with E-state index in [1.54, 1.807) is 19.1 Å². The Hall–Kier alpha value is -1.09. The van der Waals surface area contributed by atoms with Crippen LogP contribution in [0.15, 0.2) is 24.3 Å². The highest BCUT2D eigenvalue weighted by atomic mass is 16.4. The van der Waals surface area contributed by atoms with Gasteiger partial charge in [-0.25, -0.2) is 4.79 Å². The minimum Gasteiger partial charge on any atom is -0.479 e. The Morgan fingerprint density at radius 1 is 1.54 bits per heavy atom. The van der Waals surface area contributed by atoms with E-state index in [0.717, 1.165) is 0 Å². The second-order valence-electron chi connectivity index (χ2n) is 3.64. The summed E-state index contributed by atoms with van der Waals surface area (Å²) in [5.74, 6) is -1.14. The van der Waals surface area contributed by atoms with E-state index in [0.29, 0.717) is 0 Å². The van der Waals surface area contributed by atoms with Crippen molar-refractivity contribution in [2.75, 3.05) is 0 Å². The van der Waals surface area contributed by atoms with Crippen molar-refractivity contribution in [3.05, 3.63) is 24.3 Å². The molecule has 0 spiro atoms. The number of aliphatic hydroxyl groups is 1. The first-order valence-electron chi connectivity index (χ1n) is 4.25. The van der Waals surface area contributed by atoms with Gasteiger partial charge in [0.15, 0.2) is 6.10 Å². The molecule has 0 bridgehead atoms. The van der Waals surface area contributed by atoms with E-state index < -0.39 is 17.5 Å². The van der Waals surface area contributed by atoms with E-state index in [-0.39, 0.29) is 5.92 Å². The van der Waals surface area contributed by atoms with Crippen LogP contribution in [0, 0.1) is 11.3 Å². The molecule has 72 valence electrons. The van der Waals surface area contributed by atoms with Crippen molar-refractivity contribution in [3.8, 4) is 0 Å². The summed E-state index contributed by atoms with van der Waals surface area (Å²) < 4.78 is 0. The number of aliphatic carboxylic acids is 1. The van der Waals surface area contributed by atoms with E-state index in [9.17, 15) is 9.90 Å². The molecule has 0 heterocycles. The summed E-state index contributed by atoms with van der Waals surface area (Å²) in [6, 6.07) is 0. The molecule has 0 aliphatic heterocycles. The van der Waals surface area contributed by atoms with E-state index in [2.05, 4.69) is 0 Å². The van der Waals surface area contributed by atoms with Gasteiger partial charge in [-0.1, -0.05) is 38.2 Å². The van der Waals surface area contributed by atoms with Crippen LogP contribution in [0.5, 0.6) is 0 Å². The van der Waals surface area contributed by atoms with Crippen molar-refractivity contribution in [2.45, 2.75) is 20.0 Å². The van der Waals surface area contributed by atoms with Crippen LogP contribution in [0.2, 0.25) is 0 Å². The van der Waals surface area contributed by atoms with Gasteiger partial charge in [0.1, 0.15) is 0 Å². The number of aliphatic hydroxyl groups excluding tert-OH is 1. The van der Waals surface area contributed by atoms with Gasteiger partial charge in [0.25, 0.3) is 0 Å². The zero-order valence-corrected chi connectivity index (χ0v) is 7.77. The van der Waals surface area contributed by atoms with Gasteiger partial charge in [-0.2, -0.15) is 0 Å². The van der Waals surface area contributed by atoms with Crippen LogP contribution in [0.3, 0.4) is 0 Å². The first-order valence-corrected chi connectivity index (χ1v) is 4.25. The fourth-order valence-corrected chi connectivity index (χ4v) is 1.46. The Bertz CT molecular complexity index is 267. The molecule has 3 unspecified atom stereocenters. The predicted molar refractivity (Wildman–Crippen MR) is 49.2 cm³/mol. The van der Waals surface area contributed by atoms with Gasteiger partial charge in [0.2, 0.25) is 0 Å². The van der Waals surface area contributed by atoms with Gasteiger partial charge in [-0.15, -0.1) is 0 Å². The van der Waals surface area contributed by atoms with E-state index in [4.69, 9.17) is 5.11 Å². The molecule has 0 saturated heterocycles. The molecule has 3 atom stereocenters. The zero-order valence-electron chi connectivity index (χ0n) is 7.77. The van der Waals surface area contributed by atoms with Crippen LogP contribution in [0.4, 0.5) is 0 Å². The van der Waals surface area contributed by atoms with E-state index in [1.165, 1.54) is 0 Å². The smallest absolute Gasteiger partial charge is 0.333 e. The lowest BCUT2D eigenvalue weighted by Crippen LogP contribution is -2.42. The molecule has 0 aromatic carbocycles. The summed E-state index contributed by atoms with van der Waals surface area (Å²) in [6.45, 7) is 3.64. The van der Waals surface area contributed by atoms with Crippen molar-refractivity contribution in [1.29, 1.82) is 0 Å². The predicted octanol–water partition coefficient (Wildman–Crippen LogP) is 1.20. The molecule has 0 aromatic rings. The molecule has 0 amide bonds. The molecular formula is C10H14O3. The summed E-state index contributed by atoms with van der Waals surface area (Å²) in [7, 11) is 0. The maximum atomic E-state index is 10.6. The lowest BCUT2D eigenvalue weighted by Gasteiger charge is -2.35. The summed E-state index contributed by atoms with van der Waals surface area (Å²) in [6.07, 6.45) is 5.93. The molecule has 1 aliphatic carbocycles. The molecule has 0 saturated carbocycles. The fourth-order valence-electron chi connectivity index (χ4n) is 1.46. The average molecular weight is 182 g/mol. The lowest BCUT2D eigenvalue weighted by molar-refractivity contribution is -0.153. The highest BCUT2D eigenvalue weighted by Crippen LogP contribution is 2.36. The normalized spacial score (nSPS) is 34.5. The number of carbonyl (C=O) groups is 1. The highest BCUT2D eigenvalue weighted by molar-refractivity contribution is 5.73. The van der Waals surface area contributed by atoms with Crippen molar-refractivity contribution in [1.82, 2.24) is 0 Å². The van der Waals surface area contributed by atoms with Gasteiger partial charge in [0, 0.05) is 5.41 Å². The molecule has 1 rings (SSSR count). The van der Waals surface area contributed by atoms with Gasteiger partial charge < -0.3 is 10.2 Å². The van der Waals surface area contributed by atoms with E-state index in [1.807, 2.05) is 19.1 Å². The monoisotopic (exact) mass is 182 g/mol. The number of allylic oxidation sites excluding steroid dienone is 3. The Morgan fingerprint density at radius 2 is 2.15 bits per heavy atom. The highest BCUT2D eigenvalue weighted by Gasteiger charge is 2.40. The van der Waals surface area contributed by atoms with Crippen LogP contribution in [0.1, 0.15) is 13.8 Å². The Kier molecular flexibility index (Phi) is 2.57. The Morgan fingerprint density at radius 3 is 2.62 bits per heavy atom. The third-order valence-electron chi connectivity index (χ3n) is 2.77. The molecular weight excluding hydrogens is 168 g/mol. The van der Waals surface area contributed by atoms with Gasteiger partial charge in [-0.3, -0.25) is 0 Å². The molecule has 0 fully saturated rings. The van der Waals surface area contributed by atoms with Crippen LogP contribution >= 0.6 is 0 Å². The first-order chi connectivity index (χ1) is 5.98. The van der Waals surface area contributed by atoms with Crippen LogP contribution in [-0.4, -0.2) is 22.3 Å². The summed E-state index contributed by atoms with van der Waals surface area (Å²) >= 11 is 0. The minimum absolute atomic E-state index is 0.0311. The van der Waals surface area contributed by atoms with Crippen LogP contribution in [0.25, 0.3) is 0 Å². The Balaban J connectivity index is 2.93. The molecule has 0 aromatic heterocycles. The fraction of sp³-hybridized carbons (Fsp3) is 0.500. The molecule has 1 aliphatic rings.